The summed E-state index contributed by atoms with van der Waals surface area (Å²) in [5.74, 6) is 0.616. The molecule has 1 aliphatic heterocycles. The average molecular weight is 345 g/mol. The predicted octanol–water partition coefficient (Wildman–Crippen LogP) is 5.63. The molecule has 0 amide bonds. The molecule has 0 bridgehead atoms. The van der Waals surface area contributed by atoms with Crippen LogP contribution in [0.25, 0.3) is 6.08 Å². The van der Waals surface area contributed by atoms with Gasteiger partial charge in [-0.15, -0.1) is 10.7 Å². The number of nitrogens with zero attached hydrogens (tertiary/aromatic N) is 4. The number of allylic oxidation sites excluding steroid dienone is 12. The zero-order chi connectivity index (χ0) is 18.1. The summed E-state index contributed by atoms with van der Waals surface area (Å²) in [5.41, 5.74) is 3.26. The standard InChI is InChI=1S/C20H19N5O/c1-2-4-6-8-10-14-18-21-22-23-24-25-26-20-17-13-12-16-19(20)15-11-9-7-5-3-1/h1-18H,(H,21,23,25)/b2-1-,5-3-,6-4-,9-7-,10-8+,15-11-,18-14-. The van der Waals surface area contributed by atoms with Crippen LogP contribution < -0.4 is 10.4 Å². The van der Waals surface area contributed by atoms with Gasteiger partial charge in [-0.2, -0.15) is 0 Å². The van der Waals surface area contributed by atoms with Gasteiger partial charge >= 0.3 is 0 Å². The molecular weight excluding hydrogens is 326 g/mol. The fourth-order valence-electron chi connectivity index (χ4n) is 1.76. The van der Waals surface area contributed by atoms with Crippen LogP contribution in [0.5, 0.6) is 5.75 Å². The topological polar surface area (TPSA) is 70.7 Å². The Balaban J connectivity index is 2.10. The number of nitrogens with one attached hydrogen (secondary N) is 1. The predicted molar refractivity (Wildman–Crippen MR) is 104 cm³/mol. The van der Waals surface area contributed by atoms with E-state index in [0.29, 0.717) is 5.75 Å². The van der Waals surface area contributed by atoms with E-state index >= 15 is 0 Å². The van der Waals surface area contributed by atoms with E-state index in [-0.39, 0.29) is 0 Å². The summed E-state index contributed by atoms with van der Waals surface area (Å²) in [6.45, 7) is 0. The highest BCUT2D eigenvalue weighted by Gasteiger charge is 1.98. The Morgan fingerprint density at radius 1 is 0.654 bits per heavy atom. The Morgan fingerprint density at radius 2 is 1.27 bits per heavy atom. The minimum Gasteiger partial charge on any atom is -0.363 e. The fourth-order valence-corrected chi connectivity index (χ4v) is 1.76. The van der Waals surface area contributed by atoms with Gasteiger partial charge in [0.1, 0.15) is 0 Å². The van der Waals surface area contributed by atoms with Gasteiger partial charge in [0, 0.05) is 5.56 Å². The van der Waals surface area contributed by atoms with Gasteiger partial charge in [-0.3, -0.25) is 0 Å². The van der Waals surface area contributed by atoms with Gasteiger partial charge in [-0.1, -0.05) is 91.1 Å². The van der Waals surface area contributed by atoms with E-state index in [4.69, 9.17) is 4.84 Å². The Hall–Kier alpha value is -3.80. The molecule has 6 heteroatoms. The van der Waals surface area contributed by atoms with Crippen molar-refractivity contribution in [2.75, 3.05) is 0 Å². The van der Waals surface area contributed by atoms with Gasteiger partial charge in [0.25, 0.3) is 0 Å². The lowest BCUT2D eigenvalue weighted by Gasteiger charge is -2.04. The molecule has 0 unspecified atom stereocenters. The Kier molecular flexibility index (Phi) is 8.98. The number of para-hydroxylation sites is 1. The molecule has 0 radical (unpaired) electrons. The van der Waals surface area contributed by atoms with Gasteiger partial charge < -0.3 is 4.84 Å². The summed E-state index contributed by atoms with van der Waals surface area (Å²) in [6, 6.07) is 7.54. The lowest BCUT2D eigenvalue weighted by Crippen LogP contribution is -2.10. The maximum absolute atomic E-state index is 5.35. The molecule has 26 heavy (non-hydrogen) atoms. The van der Waals surface area contributed by atoms with Crippen molar-refractivity contribution in [3.8, 4) is 5.75 Å². The number of hydrogen-bond donors (Lipinski definition) is 1. The van der Waals surface area contributed by atoms with Gasteiger partial charge in [0.05, 0.1) is 6.20 Å². The summed E-state index contributed by atoms with van der Waals surface area (Å²) >= 11 is 0. The third-order valence-electron chi connectivity index (χ3n) is 2.90. The second-order valence-corrected chi connectivity index (χ2v) is 4.75. The van der Waals surface area contributed by atoms with E-state index in [1.54, 1.807) is 6.08 Å². The summed E-state index contributed by atoms with van der Waals surface area (Å²) in [5, 5.41) is 14.2. The molecule has 1 aromatic carbocycles. The molecule has 0 saturated carbocycles. The van der Waals surface area contributed by atoms with Crippen molar-refractivity contribution < 1.29 is 4.84 Å². The Morgan fingerprint density at radius 3 is 2.00 bits per heavy atom. The highest BCUT2D eigenvalue weighted by molar-refractivity contribution is 5.58. The van der Waals surface area contributed by atoms with Crippen molar-refractivity contribution in [2.24, 2.45) is 20.8 Å². The molecule has 0 aliphatic carbocycles. The van der Waals surface area contributed by atoms with E-state index < -0.39 is 0 Å². The number of hydrogen-bond acceptors (Lipinski definition) is 6. The van der Waals surface area contributed by atoms with Crippen LogP contribution in [-0.4, -0.2) is 0 Å². The smallest absolute Gasteiger partial charge is 0.164 e. The first kappa shape index (κ1) is 18.5. The maximum atomic E-state index is 5.35. The molecule has 130 valence electrons. The van der Waals surface area contributed by atoms with E-state index in [9.17, 15) is 0 Å². The zero-order valence-electron chi connectivity index (χ0n) is 14.1. The number of benzene rings is 1. The molecule has 0 spiro atoms. The SMILES string of the molecule is C1=C\C=C/C=C\c2ccccc2ON\N=N/N=N\C=C/C=C/C=C\C=C/1. The normalized spacial score (nSPS) is 26.0. The highest BCUT2D eigenvalue weighted by atomic mass is 16.7. The summed E-state index contributed by atoms with van der Waals surface area (Å²) < 4.78 is 0. The first-order chi connectivity index (χ1) is 13.0. The maximum Gasteiger partial charge on any atom is 0.164 e. The van der Waals surface area contributed by atoms with Crippen LogP contribution in [-0.2, 0) is 0 Å². The van der Waals surface area contributed by atoms with Crippen LogP contribution >= 0.6 is 0 Å². The van der Waals surface area contributed by atoms with Crippen LogP contribution in [0.2, 0.25) is 0 Å². The van der Waals surface area contributed by atoms with Gasteiger partial charge in [-0.25, -0.2) is 0 Å². The average Bonchev–Trinajstić information content (AvgIpc) is 2.66. The lowest BCUT2D eigenvalue weighted by molar-refractivity contribution is 0.190. The largest absolute Gasteiger partial charge is 0.363 e. The monoisotopic (exact) mass is 345 g/mol. The molecule has 0 fully saturated rings. The minimum atomic E-state index is 0.616. The zero-order valence-corrected chi connectivity index (χ0v) is 14.1. The molecule has 6 nitrogen and oxygen atoms in total. The van der Waals surface area contributed by atoms with Crippen LogP contribution in [0.4, 0.5) is 0 Å². The molecule has 1 N–H and O–H groups in total. The van der Waals surface area contributed by atoms with Crippen molar-refractivity contribution in [1.82, 2.24) is 5.59 Å². The minimum absolute atomic E-state index is 0.616. The molecular formula is C20H19N5O. The summed E-state index contributed by atoms with van der Waals surface area (Å²) in [7, 11) is 0. The van der Waals surface area contributed by atoms with Gasteiger partial charge in [0.2, 0.25) is 0 Å². The number of rotatable bonds is 0. The fraction of sp³-hybridized carbons (Fsp3) is 0. The quantitative estimate of drug-likeness (QED) is 0.662. The van der Waals surface area contributed by atoms with Crippen LogP contribution in [0.3, 0.4) is 0 Å². The van der Waals surface area contributed by atoms with Crippen molar-refractivity contribution in [2.45, 2.75) is 0 Å². The Labute approximate surface area is 152 Å². The van der Waals surface area contributed by atoms with E-state index in [1.807, 2.05) is 97.2 Å². The van der Waals surface area contributed by atoms with Gasteiger partial charge in [0.15, 0.2) is 5.75 Å². The summed E-state index contributed by atoms with van der Waals surface area (Å²) in [6.07, 6.45) is 26.3. The van der Waals surface area contributed by atoms with Crippen molar-refractivity contribution in [1.29, 1.82) is 0 Å². The van der Waals surface area contributed by atoms with Crippen molar-refractivity contribution >= 4 is 6.08 Å². The number of fused-ring (bicyclic) bond motifs is 1. The molecule has 0 saturated heterocycles. The second kappa shape index (κ2) is 12.6. The molecule has 1 aromatic rings. The van der Waals surface area contributed by atoms with E-state index in [0.717, 1.165) is 5.56 Å². The van der Waals surface area contributed by atoms with Crippen LogP contribution in [0.1, 0.15) is 5.56 Å². The third kappa shape index (κ3) is 8.16. The molecule has 2 rings (SSSR count). The summed E-state index contributed by atoms with van der Waals surface area (Å²) in [4.78, 5) is 5.35. The third-order valence-corrected chi connectivity index (χ3v) is 2.90. The molecule has 1 heterocycles. The van der Waals surface area contributed by atoms with E-state index in [1.165, 1.54) is 6.20 Å². The first-order valence-corrected chi connectivity index (χ1v) is 7.94. The van der Waals surface area contributed by atoms with Crippen molar-refractivity contribution in [3.05, 3.63) is 109 Å². The van der Waals surface area contributed by atoms with Gasteiger partial charge in [-0.05, 0) is 27.8 Å². The highest BCUT2D eigenvalue weighted by Crippen LogP contribution is 2.18. The lowest BCUT2D eigenvalue weighted by atomic mass is 10.2. The first-order valence-electron chi connectivity index (χ1n) is 7.94. The van der Waals surface area contributed by atoms with E-state index in [2.05, 4.69) is 26.4 Å². The molecule has 0 atom stereocenters. The Bertz CT molecular complexity index is 811. The molecule has 1 aliphatic rings. The second-order valence-electron chi connectivity index (χ2n) is 4.75. The van der Waals surface area contributed by atoms with Crippen molar-refractivity contribution in [3.63, 3.8) is 0 Å². The van der Waals surface area contributed by atoms with Crippen LogP contribution in [0, 0.1) is 0 Å². The molecule has 0 aromatic heterocycles. The van der Waals surface area contributed by atoms with Crippen LogP contribution in [0.15, 0.2) is 124 Å².